The highest BCUT2D eigenvalue weighted by atomic mass is 16.5. The Morgan fingerprint density at radius 3 is 2.58 bits per heavy atom. The first kappa shape index (κ1) is 27.5. The second kappa shape index (κ2) is 11.6. The summed E-state index contributed by atoms with van der Waals surface area (Å²) in [6.45, 7) is 11.0. The van der Waals surface area contributed by atoms with E-state index in [1.165, 1.54) is 0 Å². The van der Waals surface area contributed by atoms with Crippen LogP contribution in [0.5, 0.6) is 11.6 Å². The maximum atomic E-state index is 11.5. The van der Waals surface area contributed by atoms with Gasteiger partial charge in [0.1, 0.15) is 23.7 Å². The second-order valence-corrected chi connectivity index (χ2v) is 10.7. The highest BCUT2D eigenvalue weighted by Gasteiger charge is 2.33. The van der Waals surface area contributed by atoms with E-state index < -0.39 is 6.23 Å². The van der Waals surface area contributed by atoms with Crippen LogP contribution in [0.3, 0.4) is 0 Å². The number of fused-ring (bicyclic) bond motifs is 1. The number of aryl methyl sites for hydroxylation is 4. The molecule has 0 amide bonds. The van der Waals surface area contributed by atoms with E-state index in [9.17, 15) is 15.6 Å². The smallest absolute Gasteiger partial charge is 0.239 e. The van der Waals surface area contributed by atoms with Gasteiger partial charge in [-0.25, -0.2) is 0 Å². The maximum Gasteiger partial charge on any atom is 0.239 e. The average molecular weight is 538 g/mol. The van der Waals surface area contributed by atoms with Gasteiger partial charge in [-0.05, 0) is 62.4 Å². The third-order valence-corrected chi connectivity index (χ3v) is 8.00. The lowest BCUT2D eigenvalue weighted by molar-refractivity contribution is -0.00876. The fourth-order valence-corrected chi connectivity index (χ4v) is 5.88. The van der Waals surface area contributed by atoms with Crippen LogP contribution in [-0.2, 0) is 13.0 Å². The summed E-state index contributed by atoms with van der Waals surface area (Å²) in [4.78, 5) is 13.6. The molecule has 0 bridgehead atoms. The number of aromatic nitrogens is 2. The number of hydrogen-bond donors (Lipinski definition) is 2. The summed E-state index contributed by atoms with van der Waals surface area (Å²) in [6.07, 6.45) is 1.97. The van der Waals surface area contributed by atoms with Crippen molar-refractivity contribution in [3.05, 3.63) is 75.1 Å². The van der Waals surface area contributed by atoms with Crippen molar-refractivity contribution in [2.75, 3.05) is 31.1 Å². The third kappa shape index (κ3) is 5.24. The lowest BCUT2D eigenvalue weighted by Gasteiger charge is -2.39. The number of rotatable bonds is 6. The van der Waals surface area contributed by atoms with Crippen molar-refractivity contribution in [1.29, 1.82) is 10.5 Å². The zero-order chi connectivity index (χ0) is 28.4. The normalized spacial score (nSPS) is 18.0. The number of nitrogens with one attached hydrogen (secondary N) is 1. The van der Waals surface area contributed by atoms with Gasteiger partial charge >= 0.3 is 0 Å². The fraction of sp³-hybridized carbons (Fsp3) is 0.419. The van der Waals surface area contributed by atoms with Crippen LogP contribution < -0.4 is 15.0 Å². The minimum atomic E-state index is -0.802. The van der Waals surface area contributed by atoms with E-state index in [0.29, 0.717) is 49.5 Å². The number of piperazine rings is 1. The molecule has 0 saturated carbocycles. The van der Waals surface area contributed by atoms with Crippen LogP contribution in [0.25, 0.3) is 0 Å². The van der Waals surface area contributed by atoms with E-state index >= 15 is 0 Å². The highest BCUT2D eigenvalue weighted by Crippen LogP contribution is 2.39. The maximum absolute atomic E-state index is 11.5. The standard InChI is InChI=1S/C31H35N7O2/c1-19-6-5-7-20(2)27(19)31(39)38-14-10-24-26(18-38)25(16-33)30(40-28-21(3)9-12-34-22(28)4)36-29(24)37-15-13-35-23(17-37)8-11-32/h5-7,9,12,23,31,35,39H,8,10,13-15,17-18H2,1-4H3/t23-,31?/m1/s1. The number of nitrogens with zero attached hydrogens (tertiary/aromatic N) is 6. The molecule has 1 unspecified atom stereocenters. The van der Waals surface area contributed by atoms with E-state index in [0.717, 1.165) is 52.3 Å². The Morgan fingerprint density at radius 2 is 1.88 bits per heavy atom. The van der Waals surface area contributed by atoms with Gasteiger partial charge in [0.2, 0.25) is 5.88 Å². The second-order valence-electron chi connectivity index (χ2n) is 10.7. The number of nitriles is 2. The highest BCUT2D eigenvalue weighted by molar-refractivity contribution is 5.62. The molecule has 1 fully saturated rings. The number of benzene rings is 1. The van der Waals surface area contributed by atoms with E-state index in [4.69, 9.17) is 9.72 Å². The fourth-order valence-electron chi connectivity index (χ4n) is 5.88. The summed E-state index contributed by atoms with van der Waals surface area (Å²) < 4.78 is 6.38. The molecule has 2 aromatic heterocycles. The van der Waals surface area contributed by atoms with Crippen molar-refractivity contribution in [3.8, 4) is 23.8 Å². The van der Waals surface area contributed by atoms with Crippen molar-refractivity contribution in [3.63, 3.8) is 0 Å². The monoisotopic (exact) mass is 537 g/mol. The predicted molar refractivity (Wildman–Crippen MR) is 152 cm³/mol. The van der Waals surface area contributed by atoms with E-state index in [-0.39, 0.29) is 11.9 Å². The van der Waals surface area contributed by atoms with Crippen LogP contribution in [0.1, 0.15) is 57.3 Å². The number of aliphatic hydroxyl groups excluding tert-OH is 1. The van der Waals surface area contributed by atoms with Crippen molar-refractivity contribution in [1.82, 2.24) is 20.2 Å². The summed E-state index contributed by atoms with van der Waals surface area (Å²) in [6, 6.07) is 12.6. The molecule has 2 aliphatic rings. The van der Waals surface area contributed by atoms with Crippen molar-refractivity contribution in [2.45, 2.75) is 59.4 Å². The van der Waals surface area contributed by atoms with Crippen LogP contribution in [0, 0.1) is 50.4 Å². The molecule has 9 heteroatoms. The Balaban J connectivity index is 1.60. The van der Waals surface area contributed by atoms with Gasteiger partial charge in [0, 0.05) is 56.1 Å². The van der Waals surface area contributed by atoms with E-state index in [2.05, 4.69) is 27.3 Å². The Morgan fingerprint density at radius 1 is 1.10 bits per heavy atom. The number of aliphatic hydroxyl groups is 1. The van der Waals surface area contributed by atoms with Crippen molar-refractivity contribution >= 4 is 5.82 Å². The van der Waals surface area contributed by atoms with Crippen LogP contribution in [0.15, 0.2) is 30.5 Å². The Hall–Kier alpha value is -4.02. The lowest BCUT2D eigenvalue weighted by atomic mass is 9.93. The summed E-state index contributed by atoms with van der Waals surface area (Å²) in [5.41, 5.74) is 6.80. The molecule has 5 rings (SSSR count). The van der Waals surface area contributed by atoms with Crippen LogP contribution in [-0.4, -0.2) is 52.2 Å². The van der Waals surface area contributed by atoms with Gasteiger partial charge < -0.3 is 20.1 Å². The summed E-state index contributed by atoms with van der Waals surface area (Å²) in [7, 11) is 0. The minimum absolute atomic E-state index is 0.0324. The van der Waals surface area contributed by atoms with Crippen LogP contribution in [0.2, 0.25) is 0 Å². The molecule has 4 heterocycles. The molecular weight excluding hydrogens is 502 g/mol. The molecule has 9 nitrogen and oxygen atoms in total. The first-order valence-corrected chi connectivity index (χ1v) is 13.7. The Labute approximate surface area is 235 Å². The molecule has 3 aromatic rings. The van der Waals surface area contributed by atoms with E-state index in [1.807, 2.05) is 56.9 Å². The predicted octanol–water partition coefficient (Wildman–Crippen LogP) is 4.12. The molecule has 40 heavy (non-hydrogen) atoms. The quantitative estimate of drug-likeness (QED) is 0.478. The zero-order valence-electron chi connectivity index (χ0n) is 23.5. The minimum Gasteiger partial charge on any atom is -0.435 e. The lowest BCUT2D eigenvalue weighted by Crippen LogP contribution is -2.51. The topological polar surface area (TPSA) is 121 Å². The van der Waals surface area contributed by atoms with Gasteiger partial charge in [-0.3, -0.25) is 9.88 Å². The average Bonchev–Trinajstić information content (AvgIpc) is 2.94. The zero-order valence-corrected chi connectivity index (χ0v) is 23.5. The molecule has 2 atom stereocenters. The summed E-state index contributed by atoms with van der Waals surface area (Å²) in [5, 5.41) is 34.6. The van der Waals surface area contributed by atoms with Crippen molar-refractivity contribution in [2.24, 2.45) is 0 Å². The molecule has 0 radical (unpaired) electrons. The molecule has 0 spiro atoms. The van der Waals surface area contributed by atoms with Crippen LogP contribution in [0.4, 0.5) is 5.82 Å². The SMILES string of the molecule is Cc1ccnc(C)c1Oc1nc(N2CCN[C@H](CC#N)C2)c2c(c1C#N)CN(C(O)c1c(C)cccc1C)CC2. The molecule has 2 N–H and O–H groups in total. The van der Waals surface area contributed by atoms with Gasteiger partial charge in [0.25, 0.3) is 0 Å². The number of ether oxygens (including phenoxy) is 1. The number of pyridine rings is 2. The molecular formula is C31H35N7O2. The Kier molecular flexibility index (Phi) is 7.99. The summed E-state index contributed by atoms with van der Waals surface area (Å²) >= 11 is 0. The molecule has 1 saturated heterocycles. The van der Waals surface area contributed by atoms with E-state index in [1.54, 1.807) is 6.20 Å². The molecule has 0 aliphatic carbocycles. The van der Waals surface area contributed by atoms with Gasteiger partial charge in [0.05, 0.1) is 18.2 Å². The Bertz CT molecular complexity index is 1470. The third-order valence-electron chi connectivity index (χ3n) is 8.00. The number of hydrogen-bond acceptors (Lipinski definition) is 9. The largest absolute Gasteiger partial charge is 0.435 e. The van der Waals surface area contributed by atoms with Crippen LogP contribution >= 0.6 is 0 Å². The van der Waals surface area contributed by atoms with Crippen molar-refractivity contribution < 1.29 is 9.84 Å². The van der Waals surface area contributed by atoms with Gasteiger partial charge in [-0.15, -0.1) is 0 Å². The number of anilines is 1. The summed E-state index contributed by atoms with van der Waals surface area (Å²) in [5.74, 6) is 1.62. The molecule has 2 aliphatic heterocycles. The van der Waals surface area contributed by atoms with Gasteiger partial charge in [-0.1, -0.05) is 18.2 Å². The van der Waals surface area contributed by atoms with Gasteiger partial charge in [-0.2, -0.15) is 15.5 Å². The first-order valence-electron chi connectivity index (χ1n) is 13.7. The molecule has 206 valence electrons. The first-order chi connectivity index (χ1) is 19.3. The molecule has 1 aromatic carbocycles. The van der Waals surface area contributed by atoms with Gasteiger partial charge in [0.15, 0.2) is 5.75 Å².